The lowest BCUT2D eigenvalue weighted by Crippen LogP contribution is -2.36. The molecular weight excluding hydrogens is 268 g/mol. The molecule has 0 unspecified atom stereocenters. The number of halogens is 1. The van der Waals surface area contributed by atoms with Crippen LogP contribution in [0.15, 0.2) is 22.7 Å². The summed E-state index contributed by atoms with van der Waals surface area (Å²) in [6, 6.07) is 5.78. The number of hydrogen-bond acceptors (Lipinski definition) is 2. The van der Waals surface area contributed by atoms with Gasteiger partial charge in [-0.2, -0.15) is 0 Å². The van der Waals surface area contributed by atoms with Crippen LogP contribution in [0.2, 0.25) is 0 Å². The number of aryl methyl sites for hydroxylation is 1. The van der Waals surface area contributed by atoms with Crippen molar-refractivity contribution in [1.82, 2.24) is 0 Å². The maximum atomic E-state index is 11.6. The van der Waals surface area contributed by atoms with Crippen molar-refractivity contribution in [2.75, 3.05) is 5.32 Å². The van der Waals surface area contributed by atoms with Gasteiger partial charge in [0.15, 0.2) is 0 Å². The van der Waals surface area contributed by atoms with Gasteiger partial charge in [-0.1, -0.05) is 15.9 Å². The lowest BCUT2D eigenvalue weighted by Gasteiger charge is -2.17. The monoisotopic (exact) mass is 284 g/mol. The maximum Gasteiger partial charge on any atom is 0.226 e. The van der Waals surface area contributed by atoms with Gasteiger partial charge in [0, 0.05) is 22.1 Å². The molecule has 0 fully saturated rings. The summed E-state index contributed by atoms with van der Waals surface area (Å²) >= 11 is 3.39. The maximum absolute atomic E-state index is 11.6. The summed E-state index contributed by atoms with van der Waals surface area (Å²) in [6.45, 7) is 5.64. The molecule has 88 valence electrons. The van der Waals surface area contributed by atoms with Crippen LogP contribution < -0.4 is 11.1 Å². The third-order valence-corrected chi connectivity index (χ3v) is 2.40. The first-order valence-corrected chi connectivity index (χ1v) is 5.91. The average Bonchev–Trinajstić information content (AvgIpc) is 1.96. The molecule has 0 spiro atoms. The number of nitrogens with two attached hydrogens (primary N) is 1. The van der Waals surface area contributed by atoms with E-state index in [4.69, 9.17) is 5.73 Å². The fourth-order valence-corrected chi connectivity index (χ4v) is 2.04. The standard InChI is InChI=1S/C12H17BrN2O/c1-8-4-9(13)6-10(5-8)15-11(16)7-12(2,3)14/h4-6H,7,14H2,1-3H3,(H,15,16). The first kappa shape index (κ1) is 13.2. The molecule has 3 nitrogen and oxygen atoms in total. The first-order chi connectivity index (χ1) is 7.26. The SMILES string of the molecule is Cc1cc(Br)cc(NC(=O)CC(C)(C)N)c1. The number of rotatable bonds is 3. The van der Waals surface area contributed by atoms with Crippen molar-refractivity contribution in [3.8, 4) is 0 Å². The van der Waals surface area contributed by atoms with Gasteiger partial charge in [-0.25, -0.2) is 0 Å². The average molecular weight is 285 g/mol. The minimum absolute atomic E-state index is 0.0648. The lowest BCUT2D eigenvalue weighted by atomic mass is 10.0. The van der Waals surface area contributed by atoms with Gasteiger partial charge in [0.05, 0.1) is 0 Å². The van der Waals surface area contributed by atoms with Crippen molar-refractivity contribution in [3.05, 3.63) is 28.2 Å². The lowest BCUT2D eigenvalue weighted by molar-refractivity contribution is -0.117. The van der Waals surface area contributed by atoms with E-state index in [-0.39, 0.29) is 5.91 Å². The summed E-state index contributed by atoms with van der Waals surface area (Å²) in [4.78, 5) is 11.6. The molecule has 0 aliphatic carbocycles. The van der Waals surface area contributed by atoms with E-state index in [1.165, 1.54) is 0 Å². The van der Waals surface area contributed by atoms with Crippen molar-refractivity contribution in [2.45, 2.75) is 32.7 Å². The van der Waals surface area contributed by atoms with Crippen LogP contribution in [0.5, 0.6) is 0 Å². The molecular formula is C12H17BrN2O. The molecule has 4 heteroatoms. The Morgan fingerprint density at radius 1 is 1.44 bits per heavy atom. The molecule has 0 bridgehead atoms. The summed E-state index contributed by atoms with van der Waals surface area (Å²) in [5.41, 5.74) is 7.19. The van der Waals surface area contributed by atoms with Crippen LogP contribution in [0.3, 0.4) is 0 Å². The van der Waals surface area contributed by atoms with Crippen molar-refractivity contribution >= 4 is 27.5 Å². The molecule has 3 N–H and O–H groups in total. The molecule has 0 saturated carbocycles. The molecule has 1 aromatic rings. The fraction of sp³-hybridized carbons (Fsp3) is 0.417. The van der Waals surface area contributed by atoms with E-state index in [9.17, 15) is 4.79 Å². The van der Waals surface area contributed by atoms with E-state index < -0.39 is 5.54 Å². The summed E-state index contributed by atoms with van der Waals surface area (Å²) in [5, 5.41) is 2.83. The first-order valence-electron chi connectivity index (χ1n) is 5.12. The van der Waals surface area contributed by atoms with Gasteiger partial charge in [-0.3, -0.25) is 4.79 Å². The van der Waals surface area contributed by atoms with Crippen LogP contribution in [0.1, 0.15) is 25.8 Å². The predicted molar refractivity (Wildman–Crippen MR) is 70.4 cm³/mol. The zero-order valence-electron chi connectivity index (χ0n) is 9.80. The molecule has 0 saturated heterocycles. The molecule has 0 aliphatic rings. The van der Waals surface area contributed by atoms with Gasteiger partial charge in [0.1, 0.15) is 0 Å². The van der Waals surface area contributed by atoms with E-state index in [1.807, 2.05) is 39.0 Å². The molecule has 1 rings (SSSR count). The third-order valence-electron chi connectivity index (χ3n) is 1.94. The highest BCUT2D eigenvalue weighted by atomic mass is 79.9. The van der Waals surface area contributed by atoms with Crippen LogP contribution in [0.25, 0.3) is 0 Å². The van der Waals surface area contributed by atoms with Crippen LogP contribution >= 0.6 is 15.9 Å². The van der Waals surface area contributed by atoms with E-state index >= 15 is 0 Å². The Hall–Kier alpha value is -0.870. The minimum atomic E-state index is -0.481. The number of carbonyl (C=O) groups is 1. The summed E-state index contributed by atoms with van der Waals surface area (Å²) < 4.78 is 0.954. The smallest absolute Gasteiger partial charge is 0.226 e. The normalized spacial score (nSPS) is 11.3. The fourth-order valence-electron chi connectivity index (χ4n) is 1.43. The van der Waals surface area contributed by atoms with Crippen molar-refractivity contribution < 1.29 is 4.79 Å². The second-order valence-electron chi connectivity index (χ2n) is 4.73. The van der Waals surface area contributed by atoms with Gasteiger partial charge in [0.2, 0.25) is 5.91 Å². The van der Waals surface area contributed by atoms with Crippen LogP contribution in [0, 0.1) is 6.92 Å². The highest BCUT2D eigenvalue weighted by molar-refractivity contribution is 9.10. The topological polar surface area (TPSA) is 55.1 Å². The molecule has 0 heterocycles. The largest absolute Gasteiger partial charge is 0.326 e. The van der Waals surface area contributed by atoms with Crippen molar-refractivity contribution in [2.24, 2.45) is 5.73 Å². The number of carbonyl (C=O) groups excluding carboxylic acids is 1. The van der Waals surface area contributed by atoms with Gasteiger partial charge in [0.25, 0.3) is 0 Å². The number of anilines is 1. The van der Waals surface area contributed by atoms with Gasteiger partial charge >= 0.3 is 0 Å². The number of hydrogen-bond donors (Lipinski definition) is 2. The van der Waals surface area contributed by atoms with Crippen LogP contribution in [0.4, 0.5) is 5.69 Å². The summed E-state index contributed by atoms with van der Waals surface area (Å²) in [7, 11) is 0. The zero-order chi connectivity index (χ0) is 12.3. The second kappa shape index (κ2) is 4.97. The molecule has 16 heavy (non-hydrogen) atoms. The Morgan fingerprint density at radius 2 is 2.06 bits per heavy atom. The van der Waals surface area contributed by atoms with E-state index in [2.05, 4.69) is 21.2 Å². The van der Waals surface area contributed by atoms with Crippen LogP contribution in [-0.4, -0.2) is 11.4 Å². The minimum Gasteiger partial charge on any atom is -0.326 e. The summed E-state index contributed by atoms with van der Waals surface area (Å²) in [5.74, 6) is -0.0648. The number of nitrogens with one attached hydrogen (secondary N) is 1. The van der Waals surface area contributed by atoms with Crippen molar-refractivity contribution in [3.63, 3.8) is 0 Å². The Labute approximate surface area is 105 Å². The zero-order valence-corrected chi connectivity index (χ0v) is 11.4. The highest BCUT2D eigenvalue weighted by Crippen LogP contribution is 2.19. The Balaban J connectivity index is 2.70. The molecule has 0 atom stereocenters. The predicted octanol–water partition coefficient (Wildman–Crippen LogP) is 2.82. The summed E-state index contributed by atoms with van der Waals surface area (Å²) in [6.07, 6.45) is 0.304. The van der Waals surface area contributed by atoms with Gasteiger partial charge < -0.3 is 11.1 Å². The van der Waals surface area contributed by atoms with Crippen LogP contribution in [-0.2, 0) is 4.79 Å². The second-order valence-corrected chi connectivity index (χ2v) is 5.65. The quantitative estimate of drug-likeness (QED) is 0.897. The third kappa shape index (κ3) is 4.77. The number of amides is 1. The molecule has 1 amide bonds. The highest BCUT2D eigenvalue weighted by Gasteiger charge is 2.16. The van der Waals surface area contributed by atoms with Crippen molar-refractivity contribution in [1.29, 1.82) is 0 Å². The molecule has 1 aromatic carbocycles. The van der Waals surface area contributed by atoms with Gasteiger partial charge in [-0.15, -0.1) is 0 Å². The van der Waals surface area contributed by atoms with Gasteiger partial charge in [-0.05, 0) is 44.5 Å². The Kier molecular flexibility index (Phi) is 4.10. The van der Waals surface area contributed by atoms with E-state index in [0.29, 0.717) is 6.42 Å². The van der Waals surface area contributed by atoms with E-state index in [0.717, 1.165) is 15.7 Å². The van der Waals surface area contributed by atoms with E-state index in [1.54, 1.807) is 0 Å². The molecule has 0 radical (unpaired) electrons. The Morgan fingerprint density at radius 3 is 2.56 bits per heavy atom. The Bertz CT molecular complexity index is 376. The molecule has 0 aliphatic heterocycles. The number of benzene rings is 1. The molecule has 0 aromatic heterocycles.